The van der Waals surface area contributed by atoms with E-state index >= 15 is 0 Å². The molecule has 0 radical (unpaired) electrons. The van der Waals surface area contributed by atoms with Crippen molar-refractivity contribution >= 4 is 23.4 Å². The summed E-state index contributed by atoms with van der Waals surface area (Å²) in [5.41, 5.74) is 2.07. The number of rotatable bonds is 5. The number of methoxy groups -OCH3 is 2. The van der Waals surface area contributed by atoms with Gasteiger partial charge in [0.15, 0.2) is 0 Å². The second kappa shape index (κ2) is 7.43. The summed E-state index contributed by atoms with van der Waals surface area (Å²) in [4.78, 5) is 17.7. The van der Waals surface area contributed by atoms with Crippen LogP contribution in [0.5, 0.6) is 11.5 Å². The van der Waals surface area contributed by atoms with Crippen LogP contribution in [-0.4, -0.2) is 42.9 Å². The SMILES string of the molecule is COc1ccc(CNC(=O)C2CSC34C=CC=CC3=NCCC24)c(OC)c1. The zero-order valence-corrected chi connectivity index (χ0v) is 16.4. The summed E-state index contributed by atoms with van der Waals surface area (Å²) in [6.45, 7) is 1.25. The Bertz CT molecular complexity index is 833. The van der Waals surface area contributed by atoms with Crippen molar-refractivity contribution in [2.45, 2.75) is 17.7 Å². The fraction of sp³-hybridized carbons (Fsp3) is 0.429. The van der Waals surface area contributed by atoms with Crippen molar-refractivity contribution < 1.29 is 14.3 Å². The first kappa shape index (κ1) is 18.2. The van der Waals surface area contributed by atoms with Crippen LogP contribution in [0.2, 0.25) is 0 Å². The van der Waals surface area contributed by atoms with Gasteiger partial charge in [-0.15, -0.1) is 11.8 Å². The molecule has 1 amide bonds. The summed E-state index contributed by atoms with van der Waals surface area (Å²) in [6.07, 6.45) is 9.42. The van der Waals surface area contributed by atoms with E-state index in [-0.39, 0.29) is 16.6 Å². The van der Waals surface area contributed by atoms with Gasteiger partial charge in [0.2, 0.25) is 5.91 Å². The van der Waals surface area contributed by atoms with Crippen molar-refractivity contribution in [2.24, 2.45) is 16.8 Å². The summed E-state index contributed by atoms with van der Waals surface area (Å²) < 4.78 is 10.5. The molecule has 5 nitrogen and oxygen atoms in total. The summed E-state index contributed by atoms with van der Waals surface area (Å²) in [6, 6.07) is 5.65. The molecule has 2 aliphatic heterocycles. The van der Waals surface area contributed by atoms with Gasteiger partial charge in [-0.1, -0.05) is 18.2 Å². The lowest BCUT2D eigenvalue weighted by Crippen LogP contribution is -2.46. The summed E-state index contributed by atoms with van der Waals surface area (Å²) >= 11 is 1.86. The first-order valence-corrected chi connectivity index (χ1v) is 10.2. The molecule has 4 rings (SSSR count). The van der Waals surface area contributed by atoms with E-state index in [1.807, 2.05) is 36.0 Å². The second-order valence-corrected chi connectivity index (χ2v) is 8.28. The van der Waals surface area contributed by atoms with Gasteiger partial charge in [0, 0.05) is 30.5 Å². The fourth-order valence-electron chi connectivity index (χ4n) is 4.23. The molecule has 3 aliphatic rings. The third-order valence-electron chi connectivity index (χ3n) is 5.65. The van der Waals surface area contributed by atoms with Crippen molar-refractivity contribution in [3.05, 3.63) is 48.1 Å². The number of hydrogen-bond acceptors (Lipinski definition) is 5. The minimum Gasteiger partial charge on any atom is -0.497 e. The molecule has 1 aromatic carbocycles. The monoisotopic (exact) mass is 384 g/mol. The van der Waals surface area contributed by atoms with E-state index < -0.39 is 0 Å². The molecular weight excluding hydrogens is 360 g/mol. The van der Waals surface area contributed by atoms with Gasteiger partial charge in [-0.3, -0.25) is 9.79 Å². The van der Waals surface area contributed by atoms with Crippen LogP contribution in [0, 0.1) is 11.8 Å². The van der Waals surface area contributed by atoms with Crippen molar-refractivity contribution in [3.63, 3.8) is 0 Å². The van der Waals surface area contributed by atoms with Gasteiger partial charge in [-0.25, -0.2) is 0 Å². The largest absolute Gasteiger partial charge is 0.497 e. The third-order valence-corrected chi connectivity index (χ3v) is 7.31. The molecule has 0 aromatic heterocycles. The lowest BCUT2D eigenvalue weighted by Gasteiger charge is -2.38. The van der Waals surface area contributed by atoms with Crippen LogP contribution in [0.25, 0.3) is 0 Å². The van der Waals surface area contributed by atoms with Crippen LogP contribution in [0.1, 0.15) is 12.0 Å². The summed E-state index contributed by atoms with van der Waals surface area (Å²) in [5, 5.41) is 3.12. The van der Waals surface area contributed by atoms with Crippen LogP contribution < -0.4 is 14.8 Å². The number of ether oxygens (including phenoxy) is 2. The summed E-state index contributed by atoms with van der Waals surface area (Å²) in [7, 11) is 3.25. The molecule has 142 valence electrons. The van der Waals surface area contributed by atoms with E-state index in [0.29, 0.717) is 12.5 Å². The van der Waals surface area contributed by atoms with Crippen LogP contribution in [0.4, 0.5) is 0 Å². The smallest absolute Gasteiger partial charge is 0.224 e. The maximum Gasteiger partial charge on any atom is 0.224 e. The highest BCUT2D eigenvalue weighted by Gasteiger charge is 2.53. The topological polar surface area (TPSA) is 59.9 Å². The first-order chi connectivity index (χ1) is 13.2. The maximum atomic E-state index is 13.0. The highest BCUT2D eigenvalue weighted by Crippen LogP contribution is 2.52. The van der Waals surface area contributed by atoms with Crippen molar-refractivity contribution in [2.75, 3.05) is 26.5 Å². The Morgan fingerprint density at radius 3 is 3.04 bits per heavy atom. The molecule has 27 heavy (non-hydrogen) atoms. The number of nitrogens with one attached hydrogen (secondary N) is 1. The van der Waals surface area contributed by atoms with Crippen LogP contribution >= 0.6 is 11.8 Å². The Balaban J connectivity index is 1.46. The predicted octanol–water partition coefficient (Wildman–Crippen LogP) is 3.01. The van der Waals surface area contributed by atoms with E-state index in [0.717, 1.165) is 41.5 Å². The van der Waals surface area contributed by atoms with E-state index in [1.165, 1.54) is 0 Å². The summed E-state index contributed by atoms with van der Waals surface area (Å²) in [5.74, 6) is 2.70. The van der Waals surface area contributed by atoms with Crippen LogP contribution in [-0.2, 0) is 11.3 Å². The lowest BCUT2D eigenvalue weighted by atomic mass is 9.74. The number of nitrogens with zero attached hydrogens (tertiary/aromatic N) is 1. The van der Waals surface area contributed by atoms with E-state index in [2.05, 4.69) is 23.5 Å². The molecule has 2 heterocycles. The molecule has 1 N–H and O–H groups in total. The van der Waals surface area contributed by atoms with Crippen LogP contribution in [0.15, 0.2) is 47.5 Å². The number of allylic oxidation sites excluding steroid dienone is 3. The van der Waals surface area contributed by atoms with Gasteiger partial charge < -0.3 is 14.8 Å². The number of amides is 1. The van der Waals surface area contributed by atoms with Gasteiger partial charge in [-0.05, 0) is 30.5 Å². The second-order valence-electron chi connectivity index (χ2n) is 6.99. The minimum atomic E-state index is -0.118. The highest BCUT2D eigenvalue weighted by atomic mass is 32.2. The molecule has 0 bridgehead atoms. The van der Waals surface area contributed by atoms with Crippen molar-refractivity contribution in [1.29, 1.82) is 0 Å². The van der Waals surface area contributed by atoms with E-state index in [4.69, 9.17) is 14.5 Å². The Labute approximate surface area is 163 Å². The number of aliphatic imine (C=N–C) groups is 1. The maximum absolute atomic E-state index is 13.0. The van der Waals surface area contributed by atoms with Gasteiger partial charge >= 0.3 is 0 Å². The highest BCUT2D eigenvalue weighted by molar-refractivity contribution is 8.02. The molecular formula is C21H24N2O3S. The Kier molecular flexibility index (Phi) is 5.00. The van der Waals surface area contributed by atoms with Gasteiger partial charge in [0.25, 0.3) is 0 Å². The molecule has 1 aliphatic carbocycles. The lowest BCUT2D eigenvalue weighted by molar-refractivity contribution is -0.125. The first-order valence-electron chi connectivity index (χ1n) is 9.21. The fourth-order valence-corrected chi connectivity index (χ4v) is 6.02. The third kappa shape index (κ3) is 3.16. The molecule has 0 saturated carbocycles. The average Bonchev–Trinajstić information content (AvgIpc) is 3.10. The molecule has 1 spiro atoms. The minimum absolute atomic E-state index is 0.000827. The molecule has 1 aromatic rings. The number of carbonyl (C=O) groups excluding carboxylic acids is 1. The average molecular weight is 385 g/mol. The Hall–Kier alpha value is -2.21. The number of benzene rings is 1. The Morgan fingerprint density at radius 1 is 1.33 bits per heavy atom. The van der Waals surface area contributed by atoms with E-state index in [1.54, 1.807) is 14.2 Å². The van der Waals surface area contributed by atoms with Gasteiger partial charge in [-0.2, -0.15) is 0 Å². The number of carbonyl (C=O) groups is 1. The molecule has 6 heteroatoms. The molecule has 1 fully saturated rings. The zero-order valence-electron chi connectivity index (χ0n) is 15.6. The van der Waals surface area contributed by atoms with Crippen LogP contribution in [0.3, 0.4) is 0 Å². The molecule has 1 saturated heterocycles. The Morgan fingerprint density at radius 2 is 2.22 bits per heavy atom. The molecule has 3 atom stereocenters. The number of thioether (sulfide) groups is 1. The normalized spacial score (nSPS) is 28.1. The van der Waals surface area contributed by atoms with Crippen molar-refractivity contribution in [3.8, 4) is 11.5 Å². The number of hydrogen-bond donors (Lipinski definition) is 1. The van der Waals surface area contributed by atoms with Crippen molar-refractivity contribution in [1.82, 2.24) is 5.32 Å². The van der Waals surface area contributed by atoms with Gasteiger partial charge in [0.05, 0.1) is 30.6 Å². The predicted molar refractivity (Wildman–Crippen MR) is 109 cm³/mol. The zero-order chi connectivity index (χ0) is 18.9. The van der Waals surface area contributed by atoms with Gasteiger partial charge in [0.1, 0.15) is 11.5 Å². The molecule has 3 unspecified atom stereocenters. The van der Waals surface area contributed by atoms with E-state index in [9.17, 15) is 4.79 Å². The standard InChI is InChI=1S/C21H24N2O3S/c1-25-15-7-6-14(18(11-15)26-2)12-23-20(24)16-13-27-21-9-4-3-5-19(21)22-10-8-17(16)21/h3-7,9,11,16-17H,8,10,12-13H2,1-2H3,(H,23,24). The quantitative estimate of drug-likeness (QED) is 0.848.